The quantitative estimate of drug-likeness (QED) is 0.583. The predicted octanol–water partition coefficient (Wildman–Crippen LogP) is -1.32. The number of nitrogens with zero attached hydrogens (tertiary/aromatic N) is 4. The Morgan fingerprint density at radius 2 is 1.83 bits per heavy atom. The summed E-state index contributed by atoms with van der Waals surface area (Å²) in [5.41, 5.74) is 0. The summed E-state index contributed by atoms with van der Waals surface area (Å²) in [5, 5.41) is 10.5. The van der Waals surface area contributed by atoms with Crippen molar-refractivity contribution < 1.29 is 8.42 Å². The Labute approximate surface area is 106 Å². The molecule has 4 N–H and O–H groups in total. The molecule has 0 spiro atoms. The van der Waals surface area contributed by atoms with E-state index in [1.54, 1.807) is 26.0 Å². The van der Waals surface area contributed by atoms with Crippen LogP contribution in [0.1, 0.15) is 0 Å². The molecule has 10 heteroatoms. The summed E-state index contributed by atoms with van der Waals surface area (Å²) >= 11 is 0. The molecule has 1 aromatic rings. The van der Waals surface area contributed by atoms with Gasteiger partial charge in [0.1, 0.15) is 0 Å². The van der Waals surface area contributed by atoms with Gasteiger partial charge in [-0.05, 0) is 0 Å². The van der Waals surface area contributed by atoms with Crippen molar-refractivity contribution in [2.75, 3.05) is 49.0 Å². The maximum atomic E-state index is 10.8. The molecule has 1 heterocycles. The van der Waals surface area contributed by atoms with Crippen LogP contribution in [0.25, 0.3) is 0 Å². The largest absolute Gasteiger partial charge is 0.357 e. The highest BCUT2D eigenvalue weighted by Crippen LogP contribution is 2.10. The molecule has 0 aliphatic carbocycles. The number of hydrogen-bond acceptors (Lipinski definition) is 8. The SMILES string of the molecule is CNc1nc(NCCS(N)(=O)=O)nc(N(C)C)n1. The van der Waals surface area contributed by atoms with Gasteiger partial charge in [0.25, 0.3) is 0 Å². The minimum absolute atomic E-state index is 0.138. The van der Waals surface area contributed by atoms with Crippen LogP contribution in [0.2, 0.25) is 0 Å². The first-order valence-corrected chi connectivity index (χ1v) is 6.89. The van der Waals surface area contributed by atoms with E-state index in [2.05, 4.69) is 25.6 Å². The van der Waals surface area contributed by atoms with Gasteiger partial charge in [-0.3, -0.25) is 0 Å². The molecule has 0 fully saturated rings. The predicted molar refractivity (Wildman–Crippen MR) is 70.2 cm³/mol. The Hall–Kier alpha value is -1.68. The molecule has 0 aliphatic heterocycles. The van der Waals surface area contributed by atoms with Gasteiger partial charge in [-0.15, -0.1) is 0 Å². The molecule has 0 bridgehead atoms. The van der Waals surface area contributed by atoms with Crippen LogP contribution in [0.5, 0.6) is 0 Å². The molecule has 1 aromatic heterocycles. The fourth-order valence-corrected chi connectivity index (χ4v) is 1.45. The number of hydrogen-bond donors (Lipinski definition) is 3. The Bertz CT molecular complexity index is 502. The summed E-state index contributed by atoms with van der Waals surface area (Å²) in [6.45, 7) is 0.138. The number of nitrogens with two attached hydrogens (primary N) is 1. The number of sulfonamides is 1. The first kappa shape index (κ1) is 14.4. The lowest BCUT2D eigenvalue weighted by Gasteiger charge is -2.12. The molecule has 18 heavy (non-hydrogen) atoms. The lowest BCUT2D eigenvalue weighted by atomic mass is 10.7. The average molecular weight is 275 g/mol. The first-order chi connectivity index (χ1) is 8.31. The summed E-state index contributed by atoms with van der Waals surface area (Å²) in [5.74, 6) is 0.964. The van der Waals surface area contributed by atoms with Gasteiger partial charge in [0.15, 0.2) is 0 Å². The standard InChI is InChI=1S/C8H17N7O2S/c1-10-6-12-7(11-4-5-18(9,16)17)14-8(13-6)15(2)3/h4-5H2,1-3H3,(H2,9,16,17)(H2,10,11,12,13,14). The number of anilines is 3. The monoisotopic (exact) mass is 275 g/mol. The van der Waals surface area contributed by atoms with Crippen LogP contribution in [-0.4, -0.2) is 56.8 Å². The second kappa shape index (κ2) is 5.78. The zero-order valence-electron chi connectivity index (χ0n) is 10.5. The molecular weight excluding hydrogens is 258 g/mol. The van der Waals surface area contributed by atoms with Gasteiger partial charge in [0.05, 0.1) is 5.75 Å². The number of aromatic nitrogens is 3. The Morgan fingerprint density at radius 1 is 1.22 bits per heavy atom. The van der Waals surface area contributed by atoms with Crippen LogP contribution < -0.4 is 20.7 Å². The van der Waals surface area contributed by atoms with Crippen molar-refractivity contribution in [3.05, 3.63) is 0 Å². The van der Waals surface area contributed by atoms with E-state index in [0.29, 0.717) is 17.8 Å². The summed E-state index contributed by atoms with van der Waals surface area (Å²) < 4.78 is 21.6. The minimum Gasteiger partial charge on any atom is -0.357 e. The fourth-order valence-electron chi connectivity index (χ4n) is 1.06. The van der Waals surface area contributed by atoms with E-state index in [1.165, 1.54) is 0 Å². The van der Waals surface area contributed by atoms with Crippen molar-refractivity contribution in [1.82, 2.24) is 15.0 Å². The molecule has 102 valence electrons. The van der Waals surface area contributed by atoms with Crippen molar-refractivity contribution in [2.45, 2.75) is 0 Å². The summed E-state index contributed by atoms with van der Waals surface area (Å²) in [4.78, 5) is 14.0. The van der Waals surface area contributed by atoms with E-state index in [-0.39, 0.29) is 12.3 Å². The van der Waals surface area contributed by atoms with Gasteiger partial charge in [-0.1, -0.05) is 0 Å². The average Bonchev–Trinajstić information content (AvgIpc) is 2.26. The zero-order chi connectivity index (χ0) is 13.8. The fraction of sp³-hybridized carbons (Fsp3) is 0.625. The molecular formula is C8H17N7O2S. The van der Waals surface area contributed by atoms with Crippen LogP contribution in [0.15, 0.2) is 0 Å². The Balaban J connectivity index is 2.78. The van der Waals surface area contributed by atoms with E-state index in [9.17, 15) is 8.42 Å². The van der Waals surface area contributed by atoms with E-state index in [0.717, 1.165) is 0 Å². The van der Waals surface area contributed by atoms with Crippen LogP contribution in [0.3, 0.4) is 0 Å². The maximum absolute atomic E-state index is 10.8. The van der Waals surface area contributed by atoms with Crippen LogP contribution in [0.4, 0.5) is 17.8 Å². The summed E-state index contributed by atoms with van der Waals surface area (Å²) in [6.07, 6.45) is 0. The second-order valence-corrected chi connectivity index (χ2v) is 5.45. The molecule has 0 saturated carbocycles. The van der Waals surface area contributed by atoms with Gasteiger partial charge in [0, 0.05) is 27.7 Å². The van der Waals surface area contributed by atoms with Crippen molar-refractivity contribution in [2.24, 2.45) is 5.14 Å². The zero-order valence-corrected chi connectivity index (χ0v) is 11.3. The third-order valence-electron chi connectivity index (χ3n) is 1.92. The van der Waals surface area contributed by atoms with Gasteiger partial charge in [-0.2, -0.15) is 15.0 Å². The van der Waals surface area contributed by atoms with Crippen LogP contribution in [-0.2, 0) is 10.0 Å². The summed E-state index contributed by atoms with van der Waals surface area (Å²) in [6, 6.07) is 0. The lowest BCUT2D eigenvalue weighted by molar-refractivity contribution is 0.598. The number of nitrogens with one attached hydrogen (secondary N) is 2. The highest BCUT2D eigenvalue weighted by molar-refractivity contribution is 7.89. The number of primary sulfonamides is 1. The maximum Gasteiger partial charge on any atom is 0.231 e. The lowest BCUT2D eigenvalue weighted by Crippen LogP contribution is -2.23. The minimum atomic E-state index is -3.50. The Morgan fingerprint density at radius 3 is 2.33 bits per heavy atom. The first-order valence-electron chi connectivity index (χ1n) is 5.17. The van der Waals surface area contributed by atoms with Crippen molar-refractivity contribution in [3.8, 4) is 0 Å². The normalized spacial score (nSPS) is 11.1. The molecule has 0 aliphatic rings. The summed E-state index contributed by atoms with van der Waals surface area (Å²) in [7, 11) is 1.78. The molecule has 0 aromatic carbocycles. The van der Waals surface area contributed by atoms with Gasteiger partial charge >= 0.3 is 0 Å². The van der Waals surface area contributed by atoms with Crippen molar-refractivity contribution in [1.29, 1.82) is 0 Å². The number of rotatable bonds is 6. The third-order valence-corrected chi connectivity index (χ3v) is 2.69. The van der Waals surface area contributed by atoms with Gasteiger partial charge < -0.3 is 15.5 Å². The van der Waals surface area contributed by atoms with Gasteiger partial charge in [0.2, 0.25) is 27.9 Å². The smallest absolute Gasteiger partial charge is 0.231 e. The van der Waals surface area contributed by atoms with Crippen LogP contribution >= 0.6 is 0 Å². The molecule has 1 rings (SSSR count). The molecule has 0 saturated heterocycles. The van der Waals surface area contributed by atoms with E-state index < -0.39 is 10.0 Å². The van der Waals surface area contributed by atoms with Crippen molar-refractivity contribution in [3.63, 3.8) is 0 Å². The second-order valence-electron chi connectivity index (χ2n) is 3.72. The highest BCUT2D eigenvalue weighted by Gasteiger charge is 2.08. The Kier molecular flexibility index (Phi) is 4.62. The highest BCUT2D eigenvalue weighted by atomic mass is 32.2. The molecule has 0 atom stereocenters. The van der Waals surface area contributed by atoms with Crippen molar-refractivity contribution >= 4 is 27.9 Å². The van der Waals surface area contributed by atoms with Gasteiger partial charge in [-0.25, -0.2) is 13.6 Å². The van der Waals surface area contributed by atoms with E-state index in [1.807, 2.05) is 0 Å². The molecule has 0 radical (unpaired) electrons. The van der Waals surface area contributed by atoms with E-state index in [4.69, 9.17) is 5.14 Å². The molecule has 0 amide bonds. The molecule has 0 unspecified atom stereocenters. The third kappa shape index (κ3) is 4.67. The molecule has 9 nitrogen and oxygen atoms in total. The topological polar surface area (TPSA) is 126 Å². The van der Waals surface area contributed by atoms with Crippen LogP contribution in [0, 0.1) is 0 Å². The van der Waals surface area contributed by atoms with E-state index >= 15 is 0 Å².